The SMILES string of the molecule is COC(=O)[C@@H]1CO[C@H]2c3ccccc3C=C(c3ccccc3)N12. The number of hydrogen-bond donors (Lipinski definition) is 0. The van der Waals surface area contributed by atoms with Gasteiger partial charge in [-0.05, 0) is 17.2 Å². The topological polar surface area (TPSA) is 38.8 Å². The number of esters is 1. The third-order valence-electron chi connectivity index (χ3n) is 4.38. The highest BCUT2D eigenvalue weighted by Crippen LogP contribution is 2.44. The zero-order chi connectivity index (χ0) is 15.8. The monoisotopic (exact) mass is 307 g/mol. The summed E-state index contributed by atoms with van der Waals surface area (Å²) in [6.45, 7) is 0.329. The van der Waals surface area contributed by atoms with Gasteiger partial charge in [-0.3, -0.25) is 0 Å². The minimum atomic E-state index is -0.426. The van der Waals surface area contributed by atoms with Gasteiger partial charge in [-0.15, -0.1) is 0 Å². The lowest BCUT2D eigenvalue weighted by atomic mass is 9.96. The van der Waals surface area contributed by atoms with Crippen LogP contribution in [0.15, 0.2) is 54.6 Å². The Labute approximate surface area is 134 Å². The molecule has 0 amide bonds. The number of ether oxygens (including phenoxy) is 2. The highest BCUT2D eigenvalue weighted by Gasteiger charge is 2.44. The van der Waals surface area contributed by atoms with Crippen molar-refractivity contribution in [3.63, 3.8) is 0 Å². The van der Waals surface area contributed by atoms with E-state index in [0.29, 0.717) is 6.61 Å². The van der Waals surface area contributed by atoms with Crippen LogP contribution >= 0.6 is 0 Å². The number of carbonyl (C=O) groups excluding carboxylic acids is 1. The van der Waals surface area contributed by atoms with Gasteiger partial charge in [0.15, 0.2) is 12.3 Å². The van der Waals surface area contributed by atoms with Crippen LogP contribution in [0.4, 0.5) is 0 Å². The summed E-state index contributed by atoms with van der Waals surface area (Å²) in [5.74, 6) is -0.270. The quantitative estimate of drug-likeness (QED) is 0.799. The van der Waals surface area contributed by atoms with Crippen molar-refractivity contribution in [2.24, 2.45) is 0 Å². The normalized spacial score (nSPS) is 22.1. The summed E-state index contributed by atoms with van der Waals surface area (Å²) in [4.78, 5) is 14.2. The minimum Gasteiger partial charge on any atom is -0.467 e. The van der Waals surface area contributed by atoms with Crippen molar-refractivity contribution in [1.82, 2.24) is 4.90 Å². The molecule has 116 valence electrons. The van der Waals surface area contributed by atoms with Gasteiger partial charge in [0, 0.05) is 11.3 Å². The third-order valence-corrected chi connectivity index (χ3v) is 4.38. The molecule has 4 rings (SSSR count). The van der Waals surface area contributed by atoms with E-state index in [2.05, 4.69) is 12.1 Å². The van der Waals surface area contributed by atoms with Gasteiger partial charge >= 0.3 is 5.97 Å². The van der Waals surface area contributed by atoms with Crippen molar-refractivity contribution >= 4 is 17.7 Å². The predicted molar refractivity (Wildman–Crippen MR) is 87.1 cm³/mol. The number of fused-ring (bicyclic) bond motifs is 3. The van der Waals surface area contributed by atoms with Gasteiger partial charge in [0.1, 0.15) is 0 Å². The van der Waals surface area contributed by atoms with E-state index >= 15 is 0 Å². The van der Waals surface area contributed by atoms with Crippen LogP contribution in [-0.2, 0) is 14.3 Å². The standard InChI is InChI=1S/C19H17NO3/c1-22-19(21)17-12-23-18-15-10-6-5-9-14(15)11-16(20(17)18)13-7-3-2-4-8-13/h2-11,17-18H,12H2,1H3/t17-,18-/m0/s1. The highest BCUT2D eigenvalue weighted by atomic mass is 16.5. The molecular formula is C19H17NO3. The van der Waals surface area contributed by atoms with Gasteiger partial charge in [0.05, 0.1) is 13.7 Å². The smallest absolute Gasteiger partial charge is 0.331 e. The van der Waals surface area contributed by atoms with E-state index in [1.165, 1.54) is 7.11 Å². The molecule has 0 aromatic heterocycles. The molecule has 2 aromatic carbocycles. The number of benzene rings is 2. The largest absolute Gasteiger partial charge is 0.467 e. The van der Waals surface area contributed by atoms with E-state index < -0.39 is 6.04 Å². The van der Waals surface area contributed by atoms with Crippen molar-refractivity contribution in [2.75, 3.05) is 13.7 Å². The molecular weight excluding hydrogens is 290 g/mol. The first-order chi connectivity index (χ1) is 11.3. The Morgan fingerprint density at radius 3 is 2.65 bits per heavy atom. The van der Waals surface area contributed by atoms with Gasteiger partial charge < -0.3 is 14.4 Å². The fourth-order valence-corrected chi connectivity index (χ4v) is 3.29. The van der Waals surface area contributed by atoms with E-state index in [9.17, 15) is 4.79 Å². The summed E-state index contributed by atoms with van der Waals surface area (Å²) >= 11 is 0. The van der Waals surface area contributed by atoms with Crippen LogP contribution < -0.4 is 0 Å². The van der Waals surface area contributed by atoms with Crippen LogP contribution in [0.3, 0.4) is 0 Å². The number of hydrogen-bond acceptors (Lipinski definition) is 4. The summed E-state index contributed by atoms with van der Waals surface area (Å²) in [6.07, 6.45) is 1.86. The molecule has 0 radical (unpaired) electrons. The maximum Gasteiger partial charge on any atom is 0.331 e. The molecule has 4 heteroatoms. The molecule has 4 nitrogen and oxygen atoms in total. The average molecular weight is 307 g/mol. The molecule has 0 saturated carbocycles. The van der Waals surface area contributed by atoms with Gasteiger partial charge in [-0.1, -0.05) is 54.6 Å². The van der Waals surface area contributed by atoms with E-state index in [1.54, 1.807) is 0 Å². The van der Waals surface area contributed by atoms with Crippen molar-refractivity contribution < 1.29 is 14.3 Å². The van der Waals surface area contributed by atoms with Crippen LogP contribution in [-0.4, -0.2) is 30.6 Å². The fraction of sp³-hybridized carbons (Fsp3) is 0.211. The summed E-state index contributed by atoms with van der Waals surface area (Å²) in [5, 5.41) is 0. The Bertz CT molecular complexity index is 769. The van der Waals surface area contributed by atoms with Crippen LogP contribution in [0, 0.1) is 0 Å². The molecule has 0 unspecified atom stereocenters. The predicted octanol–water partition coefficient (Wildman–Crippen LogP) is 3.07. The molecule has 2 aliphatic heterocycles. The number of methoxy groups -OCH3 is 1. The Kier molecular flexibility index (Phi) is 3.39. The summed E-state index contributed by atoms with van der Waals surface area (Å²) in [7, 11) is 1.42. The number of nitrogens with zero attached hydrogens (tertiary/aromatic N) is 1. The second-order valence-corrected chi connectivity index (χ2v) is 5.66. The summed E-state index contributed by atoms with van der Waals surface area (Å²) < 4.78 is 10.9. The molecule has 2 atom stereocenters. The lowest BCUT2D eigenvalue weighted by Crippen LogP contribution is -2.39. The molecule has 1 saturated heterocycles. The fourth-order valence-electron chi connectivity index (χ4n) is 3.29. The van der Waals surface area contributed by atoms with Gasteiger partial charge in [0.25, 0.3) is 0 Å². The highest BCUT2D eigenvalue weighted by molar-refractivity contribution is 5.87. The molecule has 2 aliphatic rings. The molecule has 1 fully saturated rings. The molecule has 2 heterocycles. The third kappa shape index (κ3) is 2.23. The molecule has 2 aromatic rings. The van der Waals surface area contributed by atoms with E-state index in [0.717, 1.165) is 22.4 Å². The van der Waals surface area contributed by atoms with E-state index in [1.807, 2.05) is 53.4 Å². The zero-order valence-corrected chi connectivity index (χ0v) is 12.8. The van der Waals surface area contributed by atoms with Crippen LogP contribution in [0.1, 0.15) is 22.9 Å². The van der Waals surface area contributed by atoms with E-state index in [4.69, 9.17) is 9.47 Å². The second-order valence-electron chi connectivity index (χ2n) is 5.66. The Balaban J connectivity index is 1.87. The van der Waals surface area contributed by atoms with Crippen molar-refractivity contribution in [1.29, 1.82) is 0 Å². The van der Waals surface area contributed by atoms with Gasteiger partial charge in [-0.25, -0.2) is 4.79 Å². The Morgan fingerprint density at radius 1 is 1.13 bits per heavy atom. The summed E-state index contributed by atoms with van der Waals surface area (Å²) in [6, 6.07) is 17.8. The summed E-state index contributed by atoms with van der Waals surface area (Å²) in [5.41, 5.74) is 4.25. The molecule has 0 bridgehead atoms. The first kappa shape index (κ1) is 14.0. The lowest BCUT2D eigenvalue weighted by Gasteiger charge is -2.35. The average Bonchev–Trinajstić information content (AvgIpc) is 3.06. The van der Waals surface area contributed by atoms with Crippen molar-refractivity contribution in [3.8, 4) is 0 Å². The first-order valence-corrected chi connectivity index (χ1v) is 7.63. The Hall–Kier alpha value is -2.59. The van der Waals surface area contributed by atoms with Gasteiger partial charge in [-0.2, -0.15) is 0 Å². The molecule has 0 aliphatic carbocycles. The van der Waals surface area contributed by atoms with Crippen molar-refractivity contribution in [3.05, 3.63) is 71.3 Å². The molecule has 0 N–H and O–H groups in total. The lowest BCUT2D eigenvalue weighted by molar-refractivity contribution is -0.144. The maximum absolute atomic E-state index is 12.2. The minimum absolute atomic E-state index is 0.254. The Morgan fingerprint density at radius 2 is 1.87 bits per heavy atom. The van der Waals surface area contributed by atoms with Crippen molar-refractivity contribution in [2.45, 2.75) is 12.3 Å². The zero-order valence-electron chi connectivity index (χ0n) is 12.8. The van der Waals surface area contributed by atoms with Crippen LogP contribution in [0.5, 0.6) is 0 Å². The van der Waals surface area contributed by atoms with Gasteiger partial charge in [0.2, 0.25) is 0 Å². The first-order valence-electron chi connectivity index (χ1n) is 7.63. The second kappa shape index (κ2) is 5.56. The molecule has 23 heavy (non-hydrogen) atoms. The molecule has 0 spiro atoms. The van der Waals surface area contributed by atoms with Crippen LogP contribution in [0.2, 0.25) is 0 Å². The number of carbonyl (C=O) groups is 1. The number of rotatable bonds is 2. The maximum atomic E-state index is 12.2. The van der Waals surface area contributed by atoms with Crippen LogP contribution in [0.25, 0.3) is 11.8 Å². The van der Waals surface area contributed by atoms with E-state index in [-0.39, 0.29) is 12.2 Å².